The van der Waals surface area contributed by atoms with Gasteiger partial charge in [0.25, 0.3) is 0 Å². The second-order valence-corrected chi connectivity index (χ2v) is 5.90. The number of aromatic nitrogens is 2. The summed E-state index contributed by atoms with van der Waals surface area (Å²) in [6.45, 7) is 10.2. The summed E-state index contributed by atoms with van der Waals surface area (Å²) in [4.78, 5) is 7.14. The van der Waals surface area contributed by atoms with Crippen molar-refractivity contribution >= 4 is 15.9 Å². The second kappa shape index (κ2) is 5.53. The third-order valence-corrected chi connectivity index (χ3v) is 4.41. The summed E-state index contributed by atoms with van der Waals surface area (Å²) < 4.78 is 3.40. The highest BCUT2D eigenvalue weighted by molar-refractivity contribution is 9.10. The van der Waals surface area contributed by atoms with Crippen molar-refractivity contribution < 1.29 is 0 Å². The lowest BCUT2D eigenvalue weighted by molar-refractivity contribution is 0.168. The Morgan fingerprint density at radius 3 is 2.59 bits per heavy atom. The molecule has 0 saturated carbocycles. The molecular formula is C13H22BrN3. The van der Waals surface area contributed by atoms with E-state index in [1.165, 1.54) is 31.8 Å². The molecule has 4 heteroatoms. The number of hydrogen-bond acceptors (Lipinski definition) is 2. The van der Waals surface area contributed by atoms with Gasteiger partial charge >= 0.3 is 0 Å². The molecule has 17 heavy (non-hydrogen) atoms. The Hall–Kier alpha value is -0.350. The molecule has 1 aromatic rings. The fourth-order valence-electron chi connectivity index (χ4n) is 2.68. The number of rotatable bonds is 3. The molecule has 0 aromatic carbocycles. The van der Waals surface area contributed by atoms with Crippen LogP contribution in [0.5, 0.6) is 0 Å². The smallest absolute Gasteiger partial charge is 0.112 e. The Labute approximate surface area is 112 Å². The highest BCUT2D eigenvalue weighted by Gasteiger charge is 2.25. The van der Waals surface area contributed by atoms with Crippen molar-refractivity contribution in [3.8, 4) is 0 Å². The Morgan fingerprint density at radius 1 is 1.41 bits per heavy atom. The number of piperidine rings is 1. The van der Waals surface area contributed by atoms with Crippen LogP contribution in [0.1, 0.15) is 45.4 Å². The zero-order valence-electron chi connectivity index (χ0n) is 11.0. The van der Waals surface area contributed by atoms with Crippen LogP contribution in [0.2, 0.25) is 0 Å². The second-order valence-electron chi connectivity index (χ2n) is 5.09. The van der Waals surface area contributed by atoms with E-state index >= 15 is 0 Å². The lowest BCUT2D eigenvalue weighted by Gasteiger charge is -2.34. The van der Waals surface area contributed by atoms with Crippen molar-refractivity contribution in [2.75, 3.05) is 13.1 Å². The molecule has 0 bridgehead atoms. The van der Waals surface area contributed by atoms with Gasteiger partial charge in [-0.15, -0.1) is 0 Å². The van der Waals surface area contributed by atoms with Gasteiger partial charge in [0, 0.05) is 18.5 Å². The summed E-state index contributed by atoms with van der Waals surface area (Å²) in [6.07, 6.45) is 4.41. The van der Waals surface area contributed by atoms with Gasteiger partial charge in [-0.05, 0) is 62.6 Å². The third-order valence-electron chi connectivity index (χ3n) is 3.78. The Bertz CT molecular complexity index is 365. The largest absolute Gasteiger partial charge is 0.323 e. The lowest BCUT2D eigenvalue weighted by atomic mass is 9.95. The van der Waals surface area contributed by atoms with Crippen LogP contribution in [-0.2, 0) is 6.54 Å². The molecule has 0 spiro atoms. The quantitative estimate of drug-likeness (QED) is 0.854. The van der Waals surface area contributed by atoms with Crippen LogP contribution >= 0.6 is 15.9 Å². The number of likely N-dealkylation sites (tertiary alicyclic amines) is 1. The van der Waals surface area contributed by atoms with Crippen molar-refractivity contribution in [3.05, 3.63) is 16.6 Å². The van der Waals surface area contributed by atoms with E-state index in [0.29, 0.717) is 12.0 Å². The molecule has 0 aliphatic carbocycles. The molecule has 3 nitrogen and oxygen atoms in total. The van der Waals surface area contributed by atoms with Gasteiger partial charge in [0.1, 0.15) is 10.4 Å². The maximum Gasteiger partial charge on any atom is 0.112 e. The number of halogens is 1. The van der Waals surface area contributed by atoms with E-state index < -0.39 is 0 Å². The molecule has 1 saturated heterocycles. The van der Waals surface area contributed by atoms with Crippen LogP contribution in [0.4, 0.5) is 0 Å². The van der Waals surface area contributed by atoms with Crippen LogP contribution in [-0.4, -0.2) is 33.6 Å². The first-order chi connectivity index (χ1) is 8.13. The van der Waals surface area contributed by atoms with Crippen LogP contribution in [0.3, 0.4) is 0 Å². The van der Waals surface area contributed by atoms with Crippen LogP contribution in [0.25, 0.3) is 0 Å². The maximum absolute atomic E-state index is 4.58. The Morgan fingerprint density at radius 2 is 2.06 bits per heavy atom. The molecule has 96 valence electrons. The molecule has 1 aromatic heterocycles. The van der Waals surface area contributed by atoms with Crippen molar-refractivity contribution in [3.63, 3.8) is 0 Å². The average Bonchev–Trinajstić information content (AvgIpc) is 2.70. The summed E-state index contributed by atoms with van der Waals surface area (Å²) in [6, 6.07) is 0.675. The van der Waals surface area contributed by atoms with E-state index in [4.69, 9.17) is 0 Å². The standard InChI is InChI=1S/C13H22BrN3/c1-4-17-12(14)9-15-13(17)11-5-7-16(8-6-11)10(2)3/h9-11H,4-8H2,1-3H3. The molecule has 0 amide bonds. The summed E-state index contributed by atoms with van der Waals surface area (Å²) >= 11 is 3.57. The number of hydrogen-bond donors (Lipinski definition) is 0. The molecule has 0 atom stereocenters. The van der Waals surface area contributed by atoms with Gasteiger partial charge in [0.15, 0.2) is 0 Å². The zero-order chi connectivity index (χ0) is 12.4. The monoisotopic (exact) mass is 299 g/mol. The SMILES string of the molecule is CCn1c(Br)cnc1C1CCN(C(C)C)CC1. The predicted octanol–water partition coefficient (Wildman–Crippen LogP) is 3.25. The van der Waals surface area contributed by atoms with E-state index in [2.05, 4.69) is 51.2 Å². The summed E-state index contributed by atoms with van der Waals surface area (Å²) in [5.74, 6) is 1.90. The fraction of sp³-hybridized carbons (Fsp3) is 0.769. The Balaban J connectivity index is 2.05. The van der Waals surface area contributed by atoms with Crippen LogP contribution < -0.4 is 0 Å². The van der Waals surface area contributed by atoms with Crippen molar-refractivity contribution in [1.29, 1.82) is 0 Å². The van der Waals surface area contributed by atoms with Gasteiger partial charge in [0.2, 0.25) is 0 Å². The predicted molar refractivity (Wildman–Crippen MR) is 74.3 cm³/mol. The lowest BCUT2D eigenvalue weighted by Crippen LogP contribution is -2.38. The van der Waals surface area contributed by atoms with E-state index in [-0.39, 0.29) is 0 Å². The first-order valence-electron chi connectivity index (χ1n) is 6.58. The van der Waals surface area contributed by atoms with Crippen LogP contribution in [0.15, 0.2) is 10.8 Å². The van der Waals surface area contributed by atoms with Crippen LogP contribution in [0, 0.1) is 0 Å². The first kappa shape index (κ1) is 13.1. The minimum absolute atomic E-state index is 0.635. The van der Waals surface area contributed by atoms with Crippen molar-refractivity contribution in [1.82, 2.24) is 14.5 Å². The molecule has 1 aliphatic heterocycles. The maximum atomic E-state index is 4.58. The van der Waals surface area contributed by atoms with Gasteiger partial charge < -0.3 is 9.47 Å². The van der Waals surface area contributed by atoms with Crippen molar-refractivity contribution in [2.45, 2.75) is 52.1 Å². The van der Waals surface area contributed by atoms with Gasteiger partial charge in [-0.2, -0.15) is 0 Å². The Kier molecular flexibility index (Phi) is 4.26. The molecule has 2 rings (SSSR count). The average molecular weight is 300 g/mol. The van der Waals surface area contributed by atoms with Crippen molar-refractivity contribution in [2.24, 2.45) is 0 Å². The highest BCUT2D eigenvalue weighted by atomic mass is 79.9. The zero-order valence-corrected chi connectivity index (χ0v) is 12.6. The summed E-state index contributed by atoms with van der Waals surface area (Å²) in [5, 5.41) is 0. The highest BCUT2D eigenvalue weighted by Crippen LogP contribution is 2.29. The van der Waals surface area contributed by atoms with Gasteiger partial charge in [0.05, 0.1) is 6.20 Å². The first-order valence-corrected chi connectivity index (χ1v) is 7.37. The molecule has 2 heterocycles. The summed E-state index contributed by atoms with van der Waals surface area (Å²) in [5.41, 5.74) is 0. The fourth-order valence-corrected chi connectivity index (χ4v) is 3.22. The molecule has 0 unspecified atom stereocenters. The minimum Gasteiger partial charge on any atom is -0.323 e. The molecular weight excluding hydrogens is 278 g/mol. The molecule has 1 fully saturated rings. The van der Waals surface area contributed by atoms with Gasteiger partial charge in [-0.25, -0.2) is 4.98 Å². The number of imidazole rings is 1. The van der Waals surface area contributed by atoms with Gasteiger partial charge in [-0.1, -0.05) is 0 Å². The van der Waals surface area contributed by atoms with E-state index in [9.17, 15) is 0 Å². The molecule has 0 radical (unpaired) electrons. The van der Waals surface area contributed by atoms with E-state index in [1.807, 2.05) is 6.20 Å². The third kappa shape index (κ3) is 2.74. The summed E-state index contributed by atoms with van der Waals surface area (Å²) in [7, 11) is 0. The molecule has 1 aliphatic rings. The van der Waals surface area contributed by atoms with Gasteiger partial charge in [-0.3, -0.25) is 0 Å². The minimum atomic E-state index is 0.635. The normalized spacial score (nSPS) is 19.1. The topological polar surface area (TPSA) is 21.1 Å². The van der Waals surface area contributed by atoms with E-state index in [0.717, 1.165) is 11.1 Å². The molecule has 0 N–H and O–H groups in total. The number of nitrogens with zero attached hydrogens (tertiary/aromatic N) is 3. The van der Waals surface area contributed by atoms with E-state index in [1.54, 1.807) is 0 Å².